The molecule has 1 heterocycles. The number of nitrogens with two attached hydrogens (primary N) is 1. The van der Waals surface area contributed by atoms with Crippen molar-refractivity contribution in [1.82, 2.24) is 15.0 Å². The van der Waals surface area contributed by atoms with Crippen LogP contribution >= 0.6 is 0 Å². The molecule has 13 heteroatoms. The number of nitrogens with one attached hydrogen (secondary N) is 3. The fraction of sp³-hybridized carbons (Fsp3) is 0.400. The van der Waals surface area contributed by atoms with Gasteiger partial charge in [-0.15, -0.1) is 0 Å². The van der Waals surface area contributed by atoms with E-state index in [9.17, 15) is 8.42 Å². The highest BCUT2D eigenvalue weighted by Gasteiger charge is 2.10. The van der Waals surface area contributed by atoms with Crippen molar-refractivity contribution >= 4 is 33.7 Å². The van der Waals surface area contributed by atoms with E-state index in [4.69, 9.17) is 20.1 Å². The van der Waals surface area contributed by atoms with Gasteiger partial charge in [-0.25, -0.2) is 0 Å². The van der Waals surface area contributed by atoms with E-state index in [1.807, 2.05) is 0 Å². The van der Waals surface area contributed by atoms with Gasteiger partial charge in [0.15, 0.2) is 0 Å². The first-order valence-corrected chi connectivity index (χ1v) is 9.83. The molecule has 0 saturated carbocycles. The lowest BCUT2D eigenvalue weighted by Gasteiger charge is -2.11. The van der Waals surface area contributed by atoms with Crippen LogP contribution in [0.4, 0.5) is 23.5 Å². The number of ether oxygens (including phenoxy) is 1. The topological polar surface area (TPSA) is 185 Å². The van der Waals surface area contributed by atoms with Gasteiger partial charge in [0.25, 0.3) is 10.1 Å². The van der Waals surface area contributed by atoms with Gasteiger partial charge in [-0.05, 0) is 24.3 Å². The van der Waals surface area contributed by atoms with E-state index in [0.717, 1.165) is 0 Å². The lowest BCUT2D eigenvalue weighted by atomic mass is 10.3. The van der Waals surface area contributed by atoms with Crippen LogP contribution in [0.25, 0.3) is 0 Å². The summed E-state index contributed by atoms with van der Waals surface area (Å²) in [6, 6.07) is 5.44. The van der Waals surface area contributed by atoms with Gasteiger partial charge in [0.1, 0.15) is 0 Å². The Kier molecular flexibility index (Phi) is 8.28. The summed E-state index contributed by atoms with van der Waals surface area (Å²) in [4.78, 5) is 12.5. The maximum atomic E-state index is 11.1. The van der Waals surface area contributed by atoms with Crippen molar-refractivity contribution < 1.29 is 22.8 Å². The standard InChI is InChI=1S/C15H23N7O5S/c16-5-6-17-13-20-14(18-7-9-27-10-8-23)22-15(21-13)19-11-1-3-12(4-2-11)28(24,25)26/h1-4,23H,5-10,16H2,(H,24,25,26)(H3,17,18,19,20,21,22). The summed E-state index contributed by atoms with van der Waals surface area (Å²) in [6.07, 6.45) is 0. The average molecular weight is 413 g/mol. The van der Waals surface area contributed by atoms with E-state index in [1.165, 1.54) is 24.3 Å². The van der Waals surface area contributed by atoms with Crippen LogP contribution in [0.5, 0.6) is 0 Å². The second-order valence-corrected chi connectivity index (χ2v) is 6.83. The summed E-state index contributed by atoms with van der Waals surface area (Å²) < 4.78 is 36.4. The molecule has 1 aromatic carbocycles. The Morgan fingerprint density at radius 2 is 1.57 bits per heavy atom. The fourth-order valence-corrected chi connectivity index (χ4v) is 2.49. The third-order valence-corrected chi connectivity index (χ3v) is 4.10. The zero-order valence-corrected chi connectivity index (χ0v) is 15.8. The Bertz CT molecular complexity index is 848. The molecule has 0 bridgehead atoms. The summed E-state index contributed by atoms with van der Waals surface area (Å²) in [5.74, 6) is 0.809. The number of rotatable bonds is 12. The number of aliphatic hydroxyl groups is 1. The highest BCUT2D eigenvalue weighted by molar-refractivity contribution is 7.85. The highest BCUT2D eigenvalue weighted by atomic mass is 32.2. The zero-order chi connectivity index (χ0) is 20.4. The molecule has 1 aromatic heterocycles. The van der Waals surface area contributed by atoms with Crippen LogP contribution in [0.3, 0.4) is 0 Å². The second-order valence-electron chi connectivity index (χ2n) is 5.41. The molecule has 2 rings (SSSR count). The smallest absolute Gasteiger partial charge is 0.294 e. The van der Waals surface area contributed by atoms with Crippen molar-refractivity contribution in [2.75, 3.05) is 55.4 Å². The Labute approximate surface area is 162 Å². The Hall–Kier alpha value is -2.58. The minimum atomic E-state index is -4.26. The number of aliphatic hydroxyl groups excluding tert-OH is 1. The van der Waals surface area contributed by atoms with E-state index in [1.54, 1.807) is 0 Å². The minimum absolute atomic E-state index is 0.0522. The number of anilines is 4. The molecule has 0 amide bonds. The fourth-order valence-electron chi connectivity index (χ4n) is 2.01. The third-order valence-electron chi connectivity index (χ3n) is 3.24. The SMILES string of the molecule is NCCNc1nc(NCCOCCO)nc(Nc2ccc(S(=O)(=O)O)cc2)n1. The van der Waals surface area contributed by atoms with Crippen LogP contribution in [0.15, 0.2) is 29.2 Å². The molecule has 28 heavy (non-hydrogen) atoms. The Morgan fingerprint density at radius 1 is 0.964 bits per heavy atom. The summed E-state index contributed by atoms with van der Waals surface area (Å²) >= 11 is 0. The number of nitrogens with zero attached hydrogens (tertiary/aromatic N) is 3. The van der Waals surface area contributed by atoms with Crippen LogP contribution in [-0.2, 0) is 14.9 Å². The second kappa shape index (κ2) is 10.7. The summed E-state index contributed by atoms with van der Waals surface area (Å²) in [5, 5.41) is 17.6. The van der Waals surface area contributed by atoms with Crippen LogP contribution in [0.1, 0.15) is 0 Å². The maximum Gasteiger partial charge on any atom is 0.294 e. The van der Waals surface area contributed by atoms with Gasteiger partial charge in [-0.2, -0.15) is 23.4 Å². The molecule has 0 fully saturated rings. The summed E-state index contributed by atoms with van der Waals surface area (Å²) in [7, 11) is -4.26. The predicted octanol–water partition coefficient (Wildman–Crippen LogP) is -0.347. The van der Waals surface area contributed by atoms with E-state index in [2.05, 4.69) is 30.9 Å². The Balaban J connectivity index is 2.11. The van der Waals surface area contributed by atoms with E-state index in [-0.39, 0.29) is 24.1 Å². The van der Waals surface area contributed by atoms with Gasteiger partial charge < -0.3 is 31.5 Å². The monoisotopic (exact) mass is 413 g/mol. The largest absolute Gasteiger partial charge is 0.394 e. The van der Waals surface area contributed by atoms with Crippen molar-refractivity contribution in [2.24, 2.45) is 5.73 Å². The van der Waals surface area contributed by atoms with Crippen LogP contribution in [-0.4, -0.2) is 72.5 Å². The molecule has 0 aliphatic heterocycles. The molecule has 12 nitrogen and oxygen atoms in total. The number of aromatic nitrogens is 3. The molecule has 2 aromatic rings. The lowest BCUT2D eigenvalue weighted by Crippen LogP contribution is -2.18. The molecule has 0 saturated heterocycles. The molecular weight excluding hydrogens is 390 g/mol. The first-order valence-electron chi connectivity index (χ1n) is 8.39. The molecule has 7 N–H and O–H groups in total. The summed E-state index contributed by atoms with van der Waals surface area (Å²) in [6.45, 7) is 1.83. The van der Waals surface area contributed by atoms with E-state index in [0.29, 0.717) is 43.8 Å². The van der Waals surface area contributed by atoms with Gasteiger partial charge in [0.05, 0.1) is 24.7 Å². The lowest BCUT2D eigenvalue weighted by molar-refractivity contribution is 0.0991. The van der Waals surface area contributed by atoms with Crippen molar-refractivity contribution in [3.8, 4) is 0 Å². The van der Waals surface area contributed by atoms with Gasteiger partial charge in [-0.3, -0.25) is 4.55 Å². The van der Waals surface area contributed by atoms with Gasteiger partial charge in [0.2, 0.25) is 17.8 Å². The normalized spacial score (nSPS) is 11.2. The average Bonchev–Trinajstić information content (AvgIpc) is 2.66. The van der Waals surface area contributed by atoms with Crippen molar-refractivity contribution in [1.29, 1.82) is 0 Å². The highest BCUT2D eigenvalue weighted by Crippen LogP contribution is 2.18. The first kappa shape index (κ1) is 21.7. The molecule has 0 aliphatic rings. The molecule has 0 spiro atoms. The maximum absolute atomic E-state index is 11.1. The zero-order valence-electron chi connectivity index (χ0n) is 15.0. The first-order chi connectivity index (χ1) is 13.4. The van der Waals surface area contributed by atoms with Crippen molar-refractivity contribution in [2.45, 2.75) is 4.90 Å². The minimum Gasteiger partial charge on any atom is -0.394 e. The van der Waals surface area contributed by atoms with E-state index < -0.39 is 10.1 Å². The van der Waals surface area contributed by atoms with Crippen molar-refractivity contribution in [3.63, 3.8) is 0 Å². The van der Waals surface area contributed by atoms with E-state index >= 15 is 0 Å². The number of hydrogen-bond donors (Lipinski definition) is 6. The van der Waals surface area contributed by atoms with Crippen molar-refractivity contribution in [3.05, 3.63) is 24.3 Å². The van der Waals surface area contributed by atoms with Crippen LogP contribution in [0.2, 0.25) is 0 Å². The molecule has 0 atom stereocenters. The third kappa shape index (κ3) is 7.21. The van der Waals surface area contributed by atoms with Gasteiger partial charge >= 0.3 is 0 Å². The van der Waals surface area contributed by atoms with Gasteiger partial charge in [-0.1, -0.05) is 0 Å². The molecule has 154 valence electrons. The number of hydrogen-bond acceptors (Lipinski definition) is 11. The molecule has 0 unspecified atom stereocenters. The molecule has 0 aliphatic carbocycles. The summed E-state index contributed by atoms with van der Waals surface area (Å²) in [5.41, 5.74) is 6.00. The van der Waals surface area contributed by atoms with Crippen LogP contribution in [0, 0.1) is 0 Å². The Morgan fingerprint density at radius 3 is 2.14 bits per heavy atom. The predicted molar refractivity (Wildman–Crippen MR) is 103 cm³/mol. The molecule has 0 radical (unpaired) electrons. The molecular formula is C15H23N7O5S. The number of benzene rings is 1. The van der Waals surface area contributed by atoms with Gasteiger partial charge in [0, 0.05) is 25.3 Å². The quantitative estimate of drug-likeness (QED) is 0.197. The van der Waals surface area contributed by atoms with Crippen LogP contribution < -0.4 is 21.7 Å².